The second-order valence-corrected chi connectivity index (χ2v) is 4.91. The van der Waals surface area contributed by atoms with Gasteiger partial charge in [-0.15, -0.1) is 0 Å². The summed E-state index contributed by atoms with van der Waals surface area (Å²) in [5.41, 5.74) is 1.30. The van der Waals surface area contributed by atoms with Gasteiger partial charge in [-0.2, -0.15) is 0 Å². The van der Waals surface area contributed by atoms with E-state index in [1.807, 2.05) is 18.2 Å². The molecule has 0 aliphatic heterocycles. The van der Waals surface area contributed by atoms with E-state index in [2.05, 4.69) is 22.8 Å². The maximum atomic E-state index is 11.5. The number of rotatable bonds is 10. The average Bonchev–Trinajstić information content (AvgIpc) is 2.48. The first-order valence-corrected chi connectivity index (χ1v) is 7.49. The Morgan fingerprint density at radius 1 is 0.900 bits per heavy atom. The molecular weight excluding hydrogens is 252 g/mol. The lowest BCUT2D eigenvalue weighted by Crippen LogP contribution is -2.36. The quantitative estimate of drug-likeness (QED) is 0.576. The molecule has 1 aromatic carbocycles. The molecule has 0 saturated heterocycles. The number of benzene rings is 1. The fourth-order valence-electron chi connectivity index (χ4n) is 1.99. The van der Waals surface area contributed by atoms with Gasteiger partial charge in [0.05, 0.1) is 0 Å². The molecule has 20 heavy (non-hydrogen) atoms. The Kier molecular flexibility index (Phi) is 9.32. The van der Waals surface area contributed by atoms with Gasteiger partial charge < -0.3 is 15.7 Å². The highest BCUT2D eigenvalue weighted by Crippen LogP contribution is 2.01. The maximum absolute atomic E-state index is 11.5. The van der Waals surface area contributed by atoms with Crippen molar-refractivity contribution in [2.45, 2.75) is 38.5 Å². The summed E-state index contributed by atoms with van der Waals surface area (Å²) >= 11 is 0. The standard InChI is InChI=1S/C16H26N2O2/c19-14-7-2-1-6-12-17-16(20)18-13-8-11-15-9-4-3-5-10-15/h3-5,9-10,19H,1-2,6-8,11-14H2,(H2,17,18,20). The molecule has 112 valence electrons. The van der Waals surface area contributed by atoms with Gasteiger partial charge in [0, 0.05) is 19.7 Å². The van der Waals surface area contributed by atoms with Crippen LogP contribution < -0.4 is 10.6 Å². The topological polar surface area (TPSA) is 61.4 Å². The molecule has 0 radical (unpaired) electrons. The monoisotopic (exact) mass is 278 g/mol. The molecule has 0 atom stereocenters. The number of aliphatic hydroxyl groups excluding tert-OH is 1. The van der Waals surface area contributed by atoms with Crippen LogP contribution in [0.15, 0.2) is 30.3 Å². The Balaban J connectivity index is 1.92. The summed E-state index contributed by atoms with van der Waals surface area (Å²) in [5.74, 6) is 0. The van der Waals surface area contributed by atoms with Crippen molar-refractivity contribution in [2.75, 3.05) is 19.7 Å². The van der Waals surface area contributed by atoms with Crippen molar-refractivity contribution in [3.63, 3.8) is 0 Å². The summed E-state index contributed by atoms with van der Waals surface area (Å²) in [5, 5.41) is 14.3. The number of carbonyl (C=O) groups excluding carboxylic acids is 1. The molecule has 0 aliphatic rings. The van der Waals surface area contributed by atoms with E-state index < -0.39 is 0 Å². The van der Waals surface area contributed by atoms with Gasteiger partial charge >= 0.3 is 6.03 Å². The molecule has 0 unspecified atom stereocenters. The van der Waals surface area contributed by atoms with E-state index in [-0.39, 0.29) is 12.6 Å². The van der Waals surface area contributed by atoms with Crippen molar-refractivity contribution in [3.8, 4) is 0 Å². The number of aliphatic hydroxyl groups is 1. The van der Waals surface area contributed by atoms with Crippen LogP contribution in [0.2, 0.25) is 0 Å². The normalized spacial score (nSPS) is 10.2. The second kappa shape index (κ2) is 11.3. The van der Waals surface area contributed by atoms with Gasteiger partial charge in [0.1, 0.15) is 0 Å². The van der Waals surface area contributed by atoms with Gasteiger partial charge in [0.15, 0.2) is 0 Å². The minimum atomic E-state index is -0.0831. The van der Waals surface area contributed by atoms with Crippen LogP contribution in [-0.4, -0.2) is 30.8 Å². The molecule has 1 aromatic rings. The van der Waals surface area contributed by atoms with Crippen LogP contribution in [0, 0.1) is 0 Å². The highest BCUT2D eigenvalue weighted by atomic mass is 16.2. The first-order chi connectivity index (χ1) is 9.83. The van der Waals surface area contributed by atoms with Gasteiger partial charge in [-0.25, -0.2) is 4.79 Å². The highest BCUT2D eigenvalue weighted by Gasteiger charge is 1.98. The van der Waals surface area contributed by atoms with Gasteiger partial charge in [-0.05, 0) is 31.2 Å². The smallest absolute Gasteiger partial charge is 0.314 e. The third-order valence-corrected chi connectivity index (χ3v) is 3.14. The van der Waals surface area contributed by atoms with Crippen LogP contribution in [0.5, 0.6) is 0 Å². The Labute approximate surface area is 121 Å². The number of unbranched alkanes of at least 4 members (excludes halogenated alkanes) is 3. The lowest BCUT2D eigenvalue weighted by molar-refractivity contribution is 0.240. The molecule has 0 fully saturated rings. The molecule has 0 heterocycles. The molecule has 4 nitrogen and oxygen atoms in total. The van der Waals surface area contributed by atoms with Crippen LogP contribution in [0.1, 0.15) is 37.7 Å². The fraction of sp³-hybridized carbons (Fsp3) is 0.562. The van der Waals surface area contributed by atoms with Gasteiger partial charge in [-0.1, -0.05) is 43.2 Å². The number of amides is 2. The molecule has 0 spiro atoms. The zero-order chi connectivity index (χ0) is 14.5. The molecule has 0 saturated carbocycles. The SMILES string of the molecule is O=C(NCCCCCCO)NCCCc1ccccc1. The van der Waals surface area contributed by atoms with Crippen molar-refractivity contribution in [1.82, 2.24) is 10.6 Å². The van der Waals surface area contributed by atoms with Crippen molar-refractivity contribution < 1.29 is 9.90 Å². The van der Waals surface area contributed by atoms with E-state index in [4.69, 9.17) is 5.11 Å². The predicted octanol–water partition coefficient (Wildman–Crippen LogP) is 2.47. The van der Waals surface area contributed by atoms with Crippen LogP contribution in [0.25, 0.3) is 0 Å². The molecule has 2 amide bonds. The molecule has 0 aliphatic carbocycles. The number of nitrogens with one attached hydrogen (secondary N) is 2. The molecule has 0 aromatic heterocycles. The number of hydrogen-bond donors (Lipinski definition) is 3. The van der Waals surface area contributed by atoms with Gasteiger partial charge in [0.2, 0.25) is 0 Å². The Morgan fingerprint density at radius 2 is 1.55 bits per heavy atom. The lowest BCUT2D eigenvalue weighted by atomic mass is 10.1. The number of carbonyl (C=O) groups is 1. The Bertz CT molecular complexity index is 355. The lowest BCUT2D eigenvalue weighted by Gasteiger charge is -2.07. The van der Waals surface area contributed by atoms with E-state index in [9.17, 15) is 4.79 Å². The largest absolute Gasteiger partial charge is 0.396 e. The van der Waals surface area contributed by atoms with Crippen molar-refractivity contribution in [3.05, 3.63) is 35.9 Å². The average molecular weight is 278 g/mol. The molecule has 3 N–H and O–H groups in total. The summed E-state index contributed by atoms with van der Waals surface area (Å²) in [4.78, 5) is 11.5. The summed E-state index contributed by atoms with van der Waals surface area (Å²) in [6.45, 7) is 1.66. The molecular formula is C16H26N2O2. The fourth-order valence-corrected chi connectivity index (χ4v) is 1.99. The minimum absolute atomic E-state index is 0.0831. The maximum Gasteiger partial charge on any atom is 0.314 e. The van der Waals surface area contributed by atoms with Gasteiger partial charge in [-0.3, -0.25) is 0 Å². The zero-order valence-electron chi connectivity index (χ0n) is 12.1. The summed E-state index contributed by atoms with van der Waals surface area (Å²) in [6.07, 6.45) is 5.84. The van der Waals surface area contributed by atoms with E-state index >= 15 is 0 Å². The second-order valence-electron chi connectivity index (χ2n) is 4.91. The molecule has 0 bridgehead atoms. The molecule has 4 heteroatoms. The van der Waals surface area contributed by atoms with Crippen LogP contribution in [0.3, 0.4) is 0 Å². The van der Waals surface area contributed by atoms with Gasteiger partial charge in [0.25, 0.3) is 0 Å². The minimum Gasteiger partial charge on any atom is -0.396 e. The summed E-state index contributed by atoms with van der Waals surface area (Å²) in [7, 11) is 0. The summed E-state index contributed by atoms with van der Waals surface area (Å²) in [6, 6.07) is 10.2. The Morgan fingerprint density at radius 3 is 2.25 bits per heavy atom. The number of urea groups is 1. The van der Waals surface area contributed by atoms with E-state index in [1.54, 1.807) is 0 Å². The van der Waals surface area contributed by atoms with Crippen molar-refractivity contribution in [1.29, 1.82) is 0 Å². The number of aryl methyl sites for hydroxylation is 1. The molecule has 1 rings (SSSR count). The highest BCUT2D eigenvalue weighted by molar-refractivity contribution is 5.73. The van der Waals surface area contributed by atoms with Crippen molar-refractivity contribution >= 4 is 6.03 Å². The van der Waals surface area contributed by atoms with Crippen molar-refractivity contribution in [2.24, 2.45) is 0 Å². The summed E-state index contributed by atoms with van der Waals surface area (Å²) < 4.78 is 0. The van der Waals surface area contributed by atoms with E-state index in [0.29, 0.717) is 13.1 Å². The number of hydrogen-bond acceptors (Lipinski definition) is 2. The predicted molar refractivity (Wildman–Crippen MR) is 81.7 cm³/mol. The Hall–Kier alpha value is -1.55. The first kappa shape index (κ1) is 16.5. The third kappa shape index (κ3) is 8.53. The third-order valence-electron chi connectivity index (χ3n) is 3.14. The van der Waals surface area contributed by atoms with Crippen LogP contribution >= 0.6 is 0 Å². The van der Waals surface area contributed by atoms with Crippen LogP contribution in [0.4, 0.5) is 4.79 Å². The van der Waals surface area contributed by atoms with Crippen LogP contribution in [-0.2, 0) is 6.42 Å². The van der Waals surface area contributed by atoms with E-state index in [0.717, 1.165) is 38.5 Å². The first-order valence-electron chi connectivity index (χ1n) is 7.49. The zero-order valence-corrected chi connectivity index (χ0v) is 12.1. The van der Waals surface area contributed by atoms with E-state index in [1.165, 1.54) is 5.56 Å².